The second kappa shape index (κ2) is 4.72. The van der Waals surface area contributed by atoms with Gasteiger partial charge in [0, 0.05) is 12.7 Å². The molecular formula is C13H15FN4O. The number of aromatic nitrogens is 2. The fraction of sp³-hybridized carbons (Fsp3) is 0.231. The summed E-state index contributed by atoms with van der Waals surface area (Å²) in [6.07, 6.45) is 0. The zero-order valence-electron chi connectivity index (χ0n) is 11.0. The number of rotatable bonds is 2. The highest BCUT2D eigenvalue weighted by atomic mass is 19.1. The molecule has 5 nitrogen and oxygen atoms in total. The zero-order valence-corrected chi connectivity index (χ0v) is 11.0. The third kappa shape index (κ3) is 2.42. The minimum atomic E-state index is -0.408. The average molecular weight is 262 g/mol. The molecule has 1 aromatic heterocycles. The Morgan fingerprint density at radius 2 is 2.11 bits per heavy atom. The van der Waals surface area contributed by atoms with E-state index in [0.717, 1.165) is 5.56 Å². The van der Waals surface area contributed by atoms with Crippen LogP contribution in [0.5, 0.6) is 0 Å². The molecule has 1 amide bonds. The van der Waals surface area contributed by atoms with Crippen molar-refractivity contribution in [2.75, 3.05) is 11.1 Å². The lowest BCUT2D eigenvalue weighted by Crippen LogP contribution is -2.18. The Labute approximate surface area is 110 Å². The van der Waals surface area contributed by atoms with E-state index in [1.54, 1.807) is 27.0 Å². The topological polar surface area (TPSA) is 72.9 Å². The number of halogens is 1. The van der Waals surface area contributed by atoms with Crippen molar-refractivity contribution in [3.8, 4) is 0 Å². The van der Waals surface area contributed by atoms with Gasteiger partial charge < -0.3 is 11.1 Å². The van der Waals surface area contributed by atoms with Crippen molar-refractivity contribution in [2.45, 2.75) is 13.8 Å². The largest absolute Gasteiger partial charge is 0.395 e. The maximum Gasteiger partial charge on any atom is 0.276 e. The van der Waals surface area contributed by atoms with E-state index in [1.165, 1.54) is 16.8 Å². The third-order valence-corrected chi connectivity index (χ3v) is 2.93. The molecule has 0 bridgehead atoms. The molecule has 100 valence electrons. The molecule has 2 aromatic rings. The normalized spacial score (nSPS) is 10.5. The Morgan fingerprint density at radius 1 is 1.42 bits per heavy atom. The summed E-state index contributed by atoms with van der Waals surface area (Å²) in [4.78, 5) is 12.2. The second-order valence-electron chi connectivity index (χ2n) is 4.38. The monoisotopic (exact) mass is 262 g/mol. The van der Waals surface area contributed by atoms with Gasteiger partial charge in [-0.05, 0) is 31.5 Å². The molecule has 3 N–H and O–H groups in total. The maximum absolute atomic E-state index is 13.2. The summed E-state index contributed by atoms with van der Waals surface area (Å²) in [5.74, 6) is -0.815. The number of carbonyl (C=O) groups is 1. The molecule has 1 aromatic carbocycles. The second-order valence-corrected chi connectivity index (χ2v) is 4.38. The van der Waals surface area contributed by atoms with Crippen LogP contribution in [0.2, 0.25) is 0 Å². The first-order valence-corrected chi connectivity index (χ1v) is 5.76. The lowest BCUT2D eigenvalue weighted by atomic mass is 10.2. The van der Waals surface area contributed by atoms with Crippen molar-refractivity contribution in [1.29, 1.82) is 0 Å². The van der Waals surface area contributed by atoms with Crippen molar-refractivity contribution < 1.29 is 9.18 Å². The van der Waals surface area contributed by atoms with Gasteiger partial charge in [-0.15, -0.1) is 0 Å². The molecule has 0 fully saturated rings. The molecule has 2 rings (SSSR count). The molecule has 0 aliphatic carbocycles. The summed E-state index contributed by atoms with van der Waals surface area (Å²) in [5.41, 5.74) is 8.18. The first-order chi connectivity index (χ1) is 8.90. The average Bonchev–Trinajstić information content (AvgIpc) is 2.58. The standard InChI is InChI=1S/C13H15FN4O/c1-7-4-5-9(14)6-10(7)16-13(19)12-11(15)8(2)17-18(12)3/h4-6H,15H2,1-3H3,(H,16,19). The van der Waals surface area contributed by atoms with Gasteiger partial charge in [0.25, 0.3) is 5.91 Å². The van der Waals surface area contributed by atoms with E-state index in [2.05, 4.69) is 10.4 Å². The van der Waals surface area contributed by atoms with Crippen LogP contribution in [0.15, 0.2) is 18.2 Å². The van der Waals surface area contributed by atoms with E-state index in [1.807, 2.05) is 0 Å². The predicted molar refractivity (Wildman–Crippen MR) is 71.4 cm³/mol. The van der Waals surface area contributed by atoms with Crippen LogP contribution in [0.3, 0.4) is 0 Å². The van der Waals surface area contributed by atoms with E-state index in [0.29, 0.717) is 17.1 Å². The number of carbonyl (C=O) groups excluding carboxylic acids is 1. The van der Waals surface area contributed by atoms with Crippen molar-refractivity contribution >= 4 is 17.3 Å². The Balaban J connectivity index is 2.33. The number of hydrogen-bond donors (Lipinski definition) is 2. The fourth-order valence-corrected chi connectivity index (χ4v) is 1.85. The van der Waals surface area contributed by atoms with Gasteiger partial charge in [-0.1, -0.05) is 6.07 Å². The van der Waals surface area contributed by atoms with E-state index in [4.69, 9.17) is 5.73 Å². The van der Waals surface area contributed by atoms with E-state index < -0.39 is 11.7 Å². The van der Waals surface area contributed by atoms with Crippen LogP contribution in [0.1, 0.15) is 21.7 Å². The van der Waals surface area contributed by atoms with Gasteiger partial charge in [0.2, 0.25) is 0 Å². The van der Waals surface area contributed by atoms with E-state index >= 15 is 0 Å². The molecule has 0 radical (unpaired) electrons. The van der Waals surface area contributed by atoms with E-state index in [-0.39, 0.29) is 5.69 Å². The van der Waals surface area contributed by atoms with Crippen molar-refractivity contribution in [2.24, 2.45) is 7.05 Å². The minimum Gasteiger partial charge on any atom is -0.395 e. The van der Waals surface area contributed by atoms with Crippen LogP contribution in [0.25, 0.3) is 0 Å². The summed E-state index contributed by atoms with van der Waals surface area (Å²) in [7, 11) is 1.64. The summed E-state index contributed by atoms with van der Waals surface area (Å²) in [5, 5.41) is 6.71. The van der Waals surface area contributed by atoms with Gasteiger partial charge in [-0.2, -0.15) is 5.10 Å². The molecule has 0 unspecified atom stereocenters. The zero-order chi connectivity index (χ0) is 14.2. The molecule has 0 spiro atoms. The molecular weight excluding hydrogens is 247 g/mol. The maximum atomic E-state index is 13.2. The number of anilines is 2. The Morgan fingerprint density at radius 3 is 2.68 bits per heavy atom. The summed E-state index contributed by atoms with van der Waals surface area (Å²) in [6.45, 7) is 3.51. The highest BCUT2D eigenvalue weighted by Gasteiger charge is 2.18. The number of amides is 1. The quantitative estimate of drug-likeness (QED) is 0.869. The van der Waals surface area contributed by atoms with Gasteiger partial charge in [0.05, 0.1) is 11.4 Å². The highest BCUT2D eigenvalue weighted by molar-refractivity contribution is 6.07. The first-order valence-electron chi connectivity index (χ1n) is 5.76. The molecule has 0 aliphatic heterocycles. The van der Waals surface area contributed by atoms with Crippen LogP contribution in [-0.2, 0) is 7.05 Å². The van der Waals surface area contributed by atoms with Crippen molar-refractivity contribution in [3.63, 3.8) is 0 Å². The molecule has 0 atom stereocenters. The number of benzene rings is 1. The van der Waals surface area contributed by atoms with Crippen LogP contribution in [0, 0.1) is 19.7 Å². The molecule has 6 heteroatoms. The minimum absolute atomic E-state index is 0.265. The number of hydrogen-bond acceptors (Lipinski definition) is 3. The van der Waals surface area contributed by atoms with Gasteiger partial charge >= 0.3 is 0 Å². The number of nitrogens with one attached hydrogen (secondary N) is 1. The highest BCUT2D eigenvalue weighted by Crippen LogP contribution is 2.20. The van der Waals surface area contributed by atoms with E-state index in [9.17, 15) is 9.18 Å². The SMILES string of the molecule is Cc1ccc(F)cc1NC(=O)c1c(N)c(C)nn1C. The molecule has 1 heterocycles. The molecule has 0 aliphatic rings. The lowest BCUT2D eigenvalue weighted by Gasteiger charge is -2.09. The number of nitrogens with two attached hydrogens (primary N) is 1. The number of aryl methyl sites for hydroxylation is 3. The Bertz CT molecular complexity index is 648. The Kier molecular flexibility index (Phi) is 3.25. The molecule has 0 saturated heterocycles. The van der Waals surface area contributed by atoms with Gasteiger partial charge in [0.15, 0.2) is 0 Å². The Hall–Kier alpha value is -2.37. The summed E-state index contributed by atoms with van der Waals surface area (Å²) < 4.78 is 14.6. The number of nitrogen functional groups attached to an aromatic ring is 1. The third-order valence-electron chi connectivity index (χ3n) is 2.93. The number of nitrogens with zero attached hydrogens (tertiary/aromatic N) is 2. The van der Waals surface area contributed by atoms with Crippen LogP contribution in [0.4, 0.5) is 15.8 Å². The smallest absolute Gasteiger partial charge is 0.276 e. The van der Waals surface area contributed by atoms with Crippen LogP contribution >= 0.6 is 0 Å². The van der Waals surface area contributed by atoms with Crippen molar-refractivity contribution in [3.05, 3.63) is 41.0 Å². The summed E-state index contributed by atoms with van der Waals surface area (Å²) >= 11 is 0. The lowest BCUT2D eigenvalue weighted by molar-refractivity contribution is 0.101. The summed E-state index contributed by atoms with van der Waals surface area (Å²) in [6, 6.07) is 4.21. The van der Waals surface area contributed by atoms with Crippen molar-refractivity contribution in [1.82, 2.24) is 9.78 Å². The molecule has 0 saturated carbocycles. The van der Waals surface area contributed by atoms with Crippen LogP contribution < -0.4 is 11.1 Å². The fourth-order valence-electron chi connectivity index (χ4n) is 1.85. The van der Waals surface area contributed by atoms with Gasteiger partial charge in [-0.3, -0.25) is 9.48 Å². The van der Waals surface area contributed by atoms with Gasteiger partial charge in [0.1, 0.15) is 11.5 Å². The first kappa shape index (κ1) is 13.1. The van der Waals surface area contributed by atoms with Gasteiger partial charge in [-0.25, -0.2) is 4.39 Å². The predicted octanol–water partition coefficient (Wildman–Crippen LogP) is 2.01. The molecule has 19 heavy (non-hydrogen) atoms. The van der Waals surface area contributed by atoms with Crippen LogP contribution in [-0.4, -0.2) is 15.7 Å².